The highest BCUT2D eigenvalue weighted by atomic mass is 16.4. The molecule has 1 aromatic rings. The molecule has 0 spiro atoms. The molecule has 0 fully saturated rings. The molecule has 0 amide bonds. The maximum atomic E-state index is 11.3. The van der Waals surface area contributed by atoms with Crippen LogP contribution in [-0.4, -0.2) is 21.4 Å². The van der Waals surface area contributed by atoms with Gasteiger partial charge in [0.2, 0.25) is 0 Å². The SMILES string of the molecule is CCCCC(C)n1cc(C(C)=O)cc1C(=O)O. The van der Waals surface area contributed by atoms with Crippen molar-refractivity contribution in [3.8, 4) is 0 Å². The zero-order valence-electron chi connectivity index (χ0n) is 10.6. The normalized spacial score (nSPS) is 12.4. The van der Waals surface area contributed by atoms with Gasteiger partial charge in [-0.15, -0.1) is 0 Å². The zero-order chi connectivity index (χ0) is 13.0. The third-order valence-corrected chi connectivity index (χ3v) is 2.92. The summed E-state index contributed by atoms with van der Waals surface area (Å²) in [6.45, 7) is 5.52. The number of aromatic carboxylic acids is 1. The van der Waals surface area contributed by atoms with Crippen LogP contribution in [0.15, 0.2) is 12.3 Å². The first-order valence-electron chi connectivity index (χ1n) is 5.93. The fraction of sp³-hybridized carbons (Fsp3) is 0.538. The molecule has 0 aliphatic heterocycles. The van der Waals surface area contributed by atoms with Crippen molar-refractivity contribution in [2.45, 2.75) is 46.1 Å². The van der Waals surface area contributed by atoms with E-state index in [9.17, 15) is 9.59 Å². The Bertz CT molecular complexity index is 420. The van der Waals surface area contributed by atoms with E-state index in [4.69, 9.17) is 5.11 Å². The van der Waals surface area contributed by atoms with Gasteiger partial charge in [0.1, 0.15) is 5.69 Å². The van der Waals surface area contributed by atoms with Crippen molar-refractivity contribution in [1.29, 1.82) is 0 Å². The van der Waals surface area contributed by atoms with Gasteiger partial charge in [0.15, 0.2) is 5.78 Å². The number of ketones is 1. The first-order valence-corrected chi connectivity index (χ1v) is 5.93. The number of aromatic nitrogens is 1. The Kier molecular flexibility index (Phi) is 4.49. The number of rotatable bonds is 6. The Hall–Kier alpha value is -1.58. The highest BCUT2D eigenvalue weighted by Gasteiger charge is 2.17. The van der Waals surface area contributed by atoms with Crippen LogP contribution < -0.4 is 0 Å². The standard InChI is InChI=1S/C13H19NO3/c1-4-5-6-9(2)14-8-11(10(3)15)7-12(14)13(16)17/h7-9H,4-6H2,1-3H3,(H,16,17). The number of nitrogens with zero attached hydrogens (tertiary/aromatic N) is 1. The van der Waals surface area contributed by atoms with Gasteiger partial charge in [-0.25, -0.2) is 4.79 Å². The van der Waals surface area contributed by atoms with E-state index in [0.717, 1.165) is 19.3 Å². The number of hydrogen-bond acceptors (Lipinski definition) is 2. The molecule has 0 aromatic carbocycles. The quantitative estimate of drug-likeness (QED) is 0.773. The van der Waals surface area contributed by atoms with Crippen molar-refractivity contribution in [3.05, 3.63) is 23.5 Å². The molecule has 0 aliphatic rings. The molecule has 0 saturated carbocycles. The maximum absolute atomic E-state index is 11.3. The molecule has 1 atom stereocenters. The van der Waals surface area contributed by atoms with Crippen molar-refractivity contribution >= 4 is 11.8 Å². The second kappa shape index (κ2) is 5.66. The molecule has 0 radical (unpaired) electrons. The average Bonchev–Trinajstić information content (AvgIpc) is 2.70. The molecule has 1 aromatic heterocycles. The lowest BCUT2D eigenvalue weighted by atomic mass is 10.1. The van der Waals surface area contributed by atoms with E-state index < -0.39 is 5.97 Å². The summed E-state index contributed by atoms with van der Waals surface area (Å²) in [6, 6.07) is 1.56. The Morgan fingerprint density at radius 1 is 1.47 bits per heavy atom. The second-order valence-electron chi connectivity index (χ2n) is 4.37. The fourth-order valence-corrected chi connectivity index (χ4v) is 1.85. The summed E-state index contributed by atoms with van der Waals surface area (Å²) in [7, 11) is 0. The van der Waals surface area contributed by atoms with E-state index in [1.54, 1.807) is 10.8 Å². The van der Waals surface area contributed by atoms with Gasteiger partial charge >= 0.3 is 5.97 Å². The van der Waals surface area contributed by atoms with Gasteiger partial charge in [0, 0.05) is 17.8 Å². The van der Waals surface area contributed by atoms with Crippen LogP contribution in [0.25, 0.3) is 0 Å². The van der Waals surface area contributed by atoms with Crippen LogP contribution >= 0.6 is 0 Å². The van der Waals surface area contributed by atoms with Crippen LogP contribution in [0, 0.1) is 0 Å². The van der Waals surface area contributed by atoms with E-state index in [2.05, 4.69) is 6.92 Å². The molecule has 4 heteroatoms. The van der Waals surface area contributed by atoms with Crippen molar-refractivity contribution in [2.24, 2.45) is 0 Å². The van der Waals surface area contributed by atoms with Gasteiger partial charge < -0.3 is 9.67 Å². The van der Waals surface area contributed by atoms with Gasteiger partial charge in [-0.05, 0) is 26.3 Å². The molecule has 0 saturated heterocycles. The Labute approximate surface area is 101 Å². The van der Waals surface area contributed by atoms with Crippen LogP contribution in [0.3, 0.4) is 0 Å². The largest absolute Gasteiger partial charge is 0.477 e. The predicted octanol–water partition coefficient (Wildman–Crippen LogP) is 3.14. The number of unbranched alkanes of at least 4 members (excludes halogenated alkanes) is 1. The molecular formula is C13H19NO3. The van der Waals surface area contributed by atoms with E-state index in [-0.39, 0.29) is 17.5 Å². The summed E-state index contributed by atoms with van der Waals surface area (Å²) in [4.78, 5) is 22.4. The van der Waals surface area contributed by atoms with Crippen LogP contribution in [-0.2, 0) is 0 Å². The summed E-state index contributed by atoms with van der Waals surface area (Å²) in [5, 5.41) is 9.10. The summed E-state index contributed by atoms with van der Waals surface area (Å²) in [6.07, 6.45) is 4.69. The maximum Gasteiger partial charge on any atom is 0.352 e. The lowest BCUT2D eigenvalue weighted by molar-refractivity contribution is 0.0682. The third kappa shape index (κ3) is 3.19. The van der Waals surface area contributed by atoms with Crippen LogP contribution in [0.5, 0.6) is 0 Å². The monoisotopic (exact) mass is 237 g/mol. The average molecular weight is 237 g/mol. The molecule has 0 bridgehead atoms. The van der Waals surface area contributed by atoms with E-state index in [1.807, 2.05) is 6.92 Å². The lowest BCUT2D eigenvalue weighted by Crippen LogP contribution is -2.11. The molecule has 0 aliphatic carbocycles. The number of carboxylic acid groups (broad SMARTS) is 1. The van der Waals surface area contributed by atoms with Crippen LogP contribution in [0.4, 0.5) is 0 Å². The first-order chi connectivity index (χ1) is 7.97. The highest BCUT2D eigenvalue weighted by molar-refractivity contribution is 5.97. The van der Waals surface area contributed by atoms with Crippen molar-refractivity contribution in [3.63, 3.8) is 0 Å². The van der Waals surface area contributed by atoms with Crippen molar-refractivity contribution in [2.75, 3.05) is 0 Å². The van der Waals surface area contributed by atoms with Gasteiger partial charge in [-0.2, -0.15) is 0 Å². The molecule has 94 valence electrons. The predicted molar refractivity (Wildman–Crippen MR) is 65.6 cm³/mol. The van der Waals surface area contributed by atoms with Gasteiger partial charge in [-0.1, -0.05) is 19.8 Å². The minimum Gasteiger partial charge on any atom is -0.477 e. The molecule has 1 unspecified atom stereocenters. The number of carboxylic acids is 1. The summed E-state index contributed by atoms with van der Waals surface area (Å²) in [5.74, 6) is -1.09. The summed E-state index contributed by atoms with van der Waals surface area (Å²) < 4.78 is 1.69. The Morgan fingerprint density at radius 2 is 2.12 bits per heavy atom. The van der Waals surface area contributed by atoms with Gasteiger partial charge in [0.25, 0.3) is 0 Å². The summed E-state index contributed by atoms with van der Waals surface area (Å²) in [5.41, 5.74) is 0.657. The molecule has 1 heterocycles. The lowest BCUT2D eigenvalue weighted by Gasteiger charge is -2.15. The van der Waals surface area contributed by atoms with Gasteiger partial charge in [0.05, 0.1) is 0 Å². The van der Waals surface area contributed by atoms with E-state index in [1.165, 1.54) is 13.0 Å². The van der Waals surface area contributed by atoms with E-state index in [0.29, 0.717) is 5.56 Å². The van der Waals surface area contributed by atoms with Crippen LogP contribution in [0.2, 0.25) is 0 Å². The van der Waals surface area contributed by atoms with Crippen molar-refractivity contribution in [1.82, 2.24) is 4.57 Å². The molecule has 4 nitrogen and oxygen atoms in total. The number of hydrogen-bond donors (Lipinski definition) is 1. The zero-order valence-corrected chi connectivity index (χ0v) is 10.6. The number of carbonyl (C=O) groups excluding carboxylic acids is 1. The second-order valence-corrected chi connectivity index (χ2v) is 4.37. The minimum absolute atomic E-state index is 0.103. The smallest absolute Gasteiger partial charge is 0.352 e. The Balaban J connectivity index is 3.03. The molecular weight excluding hydrogens is 218 g/mol. The first kappa shape index (κ1) is 13.5. The third-order valence-electron chi connectivity index (χ3n) is 2.92. The summed E-state index contributed by atoms with van der Waals surface area (Å²) >= 11 is 0. The Morgan fingerprint density at radius 3 is 2.59 bits per heavy atom. The molecule has 1 rings (SSSR count). The van der Waals surface area contributed by atoms with Crippen LogP contribution in [0.1, 0.15) is 66.9 Å². The molecule has 17 heavy (non-hydrogen) atoms. The molecule has 1 N–H and O–H groups in total. The highest BCUT2D eigenvalue weighted by Crippen LogP contribution is 2.20. The van der Waals surface area contributed by atoms with Crippen molar-refractivity contribution < 1.29 is 14.7 Å². The minimum atomic E-state index is -0.985. The number of Topliss-reactive ketones (excluding diaryl/α,β-unsaturated/α-hetero) is 1. The fourth-order valence-electron chi connectivity index (χ4n) is 1.85. The van der Waals surface area contributed by atoms with E-state index >= 15 is 0 Å². The van der Waals surface area contributed by atoms with Gasteiger partial charge in [-0.3, -0.25) is 4.79 Å². The topological polar surface area (TPSA) is 59.3 Å². The number of carbonyl (C=O) groups is 2.